The Bertz CT molecular complexity index is 1500. The van der Waals surface area contributed by atoms with E-state index in [0.717, 1.165) is 109 Å². The summed E-state index contributed by atoms with van der Waals surface area (Å²) in [5.41, 5.74) is 0. The number of allylic oxidation sites excluding steroid dienone is 12. The number of unbranched alkanes of at least 4 members (excludes halogenated alkanes) is 43. The molecule has 0 amide bonds. The first-order valence-electron chi connectivity index (χ1n) is 35.9. The molecule has 0 aliphatic carbocycles. The molecular weight excluding hydrogens is 1010 g/mol. The van der Waals surface area contributed by atoms with Crippen LogP contribution < -0.4 is 0 Å². The van der Waals surface area contributed by atoms with Crippen LogP contribution in [0.1, 0.15) is 374 Å². The molecule has 6 heteroatoms. The second-order valence-corrected chi connectivity index (χ2v) is 24.1. The molecule has 0 saturated carbocycles. The standard InChI is InChI=1S/C76H136O6/c1-4-7-10-13-16-19-22-25-28-31-33-34-35-36-37-38-39-40-41-43-45-48-51-54-57-60-63-66-69-75(78)81-72-73(71-80-74(77)68-65-62-59-56-53-50-47-44-30-27-24-21-18-15-12-9-6-3)82-76(79)70-67-64-61-58-55-52-49-46-42-32-29-26-23-20-17-14-11-8-5-2/h8,11,17-18,20-21,26-27,29-30,42,46,73H,4-7,9-10,12-16,19,22-25,28,31-41,43-45,47-72H2,1-3H3/b11-8-,20-17-,21-18-,29-26-,30-27-,46-42-. The van der Waals surface area contributed by atoms with Crippen molar-refractivity contribution >= 4 is 17.9 Å². The summed E-state index contributed by atoms with van der Waals surface area (Å²) < 4.78 is 17.0. The second-order valence-electron chi connectivity index (χ2n) is 24.1. The number of esters is 3. The van der Waals surface area contributed by atoms with Crippen LogP contribution in [0.4, 0.5) is 0 Å². The molecule has 82 heavy (non-hydrogen) atoms. The topological polar surface area (TPSA) is 78.9 Å². The van der Waals surface area contributed by atoms with Crippen molar-refractivity contribution in [3.05, 3.63) is 72.9 Å². The largest absolute Gasteiger partial charge is 0.462 e. The summed E-state index contributed by atoms with van der Waals surface area (Å²) in [5.74, 6) is -0.882. The lowest BCUT2D eigenvalue weighted by Crippen LogP contribution is -2.30. The zero-order valence-corrected chi connectivity index (χ0v) is 54.8. The Morgan fingerprint density at radius 2 is 0.476 bits per heavy atom. The van der Waals surface area contributed by atoms with Crippen LogP contribution in [-0.2, 0) is 28.6 Å². The summed E-state index contributed by atoms with van der Waals surface area (Å²) in [7, 11) is 0. The highest BCUT2D eigenvalue weighted by molar-refractivity contribution is 5.71. The molecule has 0 rings (SSSR count). The van der Waals surface area contributed by atoms with Crippen LogP contribution in [0.25, 0.3) is 0 Å². The first-order valence-corrected chi connectivity index (χ1v) is 35.9. The molecular formula is C76H136O6. The van der Waals surface area contributed by atoms with Gasteiger partial charge >= 0.3 is 17.9 Å². The lowest BCUT2D eigenvalue weighted by Gasteiger charge is -2.18. The van der Waals surface area contributed by atoms with Gasteiger partial charge in [0.25, 0.3) is 0 Å². The summed E-state index contributed by atoms with van der Waals surface area (Å²) in [5, 5.41) is 0. The summed E-state index contributed by atoms with van der Waals surface area (Å²) in [4.78, 5) is 38.5. The van der Waals surface area contributed by atoms with Gasteiger partial charge in [0.2, 0.25) is 0 Å². The van der Waals surface area contributed by atoms with Crippen molar-refractivity contribution in [3.63, 3.8) is 0 Å². The molecule has 476 valence electrons. The van der Waals surface area contributed by atoms with E-state index in [1.54, 1.807) is 0 Å². The maximum absolute atomic E-state index is 13.0. The van der Waals surface area contributed by atoms with E-state index in [9.17, 15) is 14.4 Å². The van der Waals surface area contributed by atoms with E-state index in [-0.39, 0.29) is 31.1 Å². The third-order valence-corrected chi connectivity index (χ3v) is 15.9. The predicted molar refractivity (Wildman–Crippen MR) is 358 cm³/mol. The van der Waals surface area contributed by atoms with E-state index in [4.69, 9.17) is 14.2 Å². The van der Waals surface area contributed by atoms with Gasteiger partial charge in [0.15, 0.2) is 6.10 Å². The van der Waals surface area contributed by atoms with Crippen LogP contribution in [-0.4, -0.2) is 37.2 Å². The summed E-state index contributed by atoms with van der Waals surface area (Å²) >= 11 is 0. The molecule has 0 saturated heterocycles. The fourth-order valence-electron chi connectivity index (χ4n) is 10.6. The molecule has 0 N–H and O–H groups in total. The maximum atomic E-state index is 13.0. The molecule has 0 spiro atoms. The second kappa shape index (κ2) is 70.3. The van der Waals surface area contributed by atoms with Crippen molar-refractivity contribution in [2.75, 3.05) is 13.2 Å². The Kier molecular flexibility index (Phi) is 67.6. The van der Waals surface area contributed by atoms with Gasteiger partial charge in [-0.15, -0.1) is 0 Å². The van der Waals surface area contributed by atoms with Gasteiger partial charge in [0, 0.05) is 19.3 Å². The normalized spacial score (nSPS) is 12.5. The fourth-order valence-corrected chi connectivity index (χ4v) is 10.6. The minimum atomic E-state index is -0.788. The lowest BCUT2D eigenvalue weighted by atomic mass is 10.0. The summed E-state index contributed by atoms with van der Waals surface area (Å²) in [6.07, 6.45) is 92.2. The minimum Gasteiger partial charge on any atom is -0.462 e. The third-order valence-electron chi connectivity index (χ3n) is 15.9. The van der Waals surface area contributed by atoms with E-state index in [0.29, 0.717) is 19.3 Å². The van der Waals surface area contributed by atoms with Gasteiger partial charge < -0.3 is 14.2 Å². The van der Waals surface area contributed by atoms with Gasteiger partial charge in [-0.05, 0) is 89.9 Å². The van der Waals surface area contributed by atoms with Crippen LogP contribution in [0.15, 0.2) is 72.9 Å². The average molecular weight is 1150 g/mol. The minimum absolute atomic E-state index is 0.0807. The Labute approximate surface area is 510 Å². The number of hydrogen-bond donors (Lipinski definition) is 0. The zero-order valence-electron chi connectivity index (χ0n) is 54.8. The highest BCUT2D eigenvalue weighted by atomic mass is 16.6. The molecule has 0 aliphatic rings. The van der Waals surface area contributed by atoms with Crippen molar-refractivity contribution in [1.82, 2.24) is 0 Å². The van der Waals surface area contributed by atoms with Gasteiger partial charge in [-0.25, -0.2) is 0 Å². The van der Waals surface area contributed by atoms with Gasteiger partial charge in [0.05, 0.1) is 0 Å². The quantitative estimate of drug-likeness (QED) is 0.0261. The number of rotatable bonds is 66. The molecule has 0 fully saturated rings. The van der Waals surface area contributed by atoms with E-state index in [2.05, 4.69) is 93.7 Å². The van der Waals surface area contributed by atoms with Gasteiger partial charge in [-0.3, -0.25) is 14.4 Å². The van der Waals surface area contributed by atoms with Crippen LogP contribution in [0.5, 0.6) is 0 Å². The Balaban J connectivity index is 4.28. The Hall–Kier alpha value is -3.15. The summed E-state index contributed by atoms with van der Waals surface area (Å²) in [6, 6.07) is 0. The van der Waals surface area contributed by atoms with Crippen molar-refractivity contribution in [2.45, 2.75) is 380 Å². The zero-order chi connectivity index (χ0) is 59.2. The van der Waals surface area contributed by atoms with Crippen molar-refractivity contribution < 1.29 is 28.6 Å². The van der Waals surface area contributed by atoms with Gasteiger partial charge in [0.1, 0.15) is 13.2 Å². The highest BCUT2D eigenvalue weighted by Crippen LogP contribution is 2.18. The van der Waals surface area contributed by atoms with Crippen molar-refractivity contribution in [2.24, 2.45) is 0 Å². The van der Waals surface area contributed by atoms with E-state index < -0.39 is 6.10 Å². The lowest BCUT2D eigenvalue weighted by molar-refractivity contribution is -0.167. The average Bonchev–Trinajstić information content (AvgIpc) is 3.47. The number of ether oxygens (including phenoxy) is 3. The monoisotopic (exact) mass is 1150 g/mol. The van der Waals surface area contributed by atoms with E-state index in [1.165, 1.54) is 225 Å². The Morgan fingerprint density at radius 3 is 0.768 bits per heavy atom. The first-order chi connectivity index (χ1) is 40.5. The van der Waals surface area contributed by atoms with Gasteiger partial charge in [-0.2, -0.15) is 0 Å². The van der Waals surface area contributed by atoms with E-state index >= 15 is 0 Å². The maximum Gasteiger partial charge on any atom is 0.306 e. The first kappa shape index (κ1) is 78.8. The molecule has 0 radical (unpaired) electrons. The SMILES string of the molecule is CC/C=C\C/C=C\C/C=C\C/C=C\CCCCCCCCC(=O)OC(COC(=O)CCCCCCCCC/C=C\C/C=C\CCCCC)COC(=O)CCCCCCCCCCCCCCCCCCCCCCCCCCCCCC. The van der Waals surface area contributed by atoms with Crippen LogP contribution in [0, 0.1) is 0 Å². The number of hydrogen-bond acceptors (Lipinski definition) is 6. The molecule has 6 nitrogen and oxygen atoms in total. The number of carbonyl (C=O) groups is 3. The number of carbonyl (C=O) groups excluding carboxylic acids is 3. The third kappa shape index (κ3) is 67.6. The molecule has 0 aromatic rings. The van der Waals surface area contributed by atoms with Gasteiger partial charge in [-0.1, -0.05) is 338 Å². The molecule has 0 aromatic heterocycles. The predicted octanol–water partition coefficient (Wildman–Crippen LogP) is 24.8. The molecule has 0 heterocycles. The molecule has 0 bridgehead atoms. The van der Waals surface area contributed by atoms with Crippen LogP contribution in [0.3, 0.4) is 0 Å². The fraction of sp³-hybridized carbons (Fsp3) is 0.803. The van der Waals surface area contributed by atoms with E-state index in [1.807, 2.05) is 0 Å². The highest BCUT2D eigenvalue weighted by Gasteiger charge is 2.19. The Morgan fingerprint density at radius 1 is 0.256 bits per heavy atom. The van der Waals surface area contributed by atoms with Crippen LogP contribution >= 0.6 is 0 Å². The molecule has 1 atom stereocenters. The van der Waals surface area contributed by atoms with Crippen molar-refractivity contribution in [1.29, 1.82) is 0 Å². The molecule has 0 aromatic carbocycles. The van der Waals surface area contributed by atoms with Crippen LogP contribution in [0.2, 0.25) is 0 Å². The smallest absolute Gasteiger partial charge is 0.306 e. The summed E-state index contributed by atoms with van der Waals surface area (Å²) in [6.45, 7) is 6.54. The molecule has 1 unspecified atom stereocenters. The van der Waals surface area contributed by atoms with Crippen molar-refractivity contribution in [3.8, 4) is 0 Å². The molecule has 0 aliphatic heterocycles.